The van der Waals surface area contributed by atoms with E-state index in [1.54, 1.807) is 6.92 Å². The number of nitrogens with two attached hydrogens (primary N) is 1. The second-order valence-electron chi connectivity index (χ2n) is 5.15. The minimum atomic E-state index is -0.845. The molecule has 1 aliphatic rings. The molecule has 5 nitrogen and oxygen atoms in total. The highest BCUT2D eigenvalue weighted by Crippen LogP contribution is 2.25. The third-order valence-corrected chi connectivity index (χ3v) is 3.71. The van der Waals surface area contributed by atoms with Gasteiger partial charge in [0.25, 0.3) is 5.91 Å². The zero-order valence-corrected chi connectivity index (χ0v) is 11.2. The van der Waals surface area contributed by atoms with Crippen LogP contribution in [0, 0.1) is 11.7 Å². The molecule has 1 aliphatic heterocycles. The Balaban J connectivity index is 2.16. The molecule has 6 heteroatoms. The summed E-state index contributed by atoms with van der Waals surface area (Å²) in [6.07, 6.45) is 0.777. The number of carboxylic acid groups (broad SMARTS) is 1. The van der Waals surface area contributed by atoms with Crippen molar-refractivity contribution in [1.82, 2.24) is 4.90 Å². The summed E-state index contributed by atoms with van der Waals surface area (Å²) in [6, 6.07) is 3.73. The standard InChI is InChI=1S/C14H17FN2O3/c1-8-6-9(14(19)20)4-5-17(8)13(18)11-3-2-10(16)7-12(11)15/h2-3,7-9H,4-6,16H2,1H3,(H,19,20). The third kappa shape index (κ3) is 2.74. The average molecular weight is 280 g/mol. The van der Waals surface area contributed by atoms with Crippen LogP contribution in [-0.2, 0) is 4.79 Å². The number of carbonyl (C=O) groups excluding carboxylic acids is 1. The molecule has 20 heavy (non-hydrogen) atoms. The van der Waals surface area contributed by atoms with Crippen LogP contribution in [-0.4, -0.2) is 34.5 Å². The summed E-state index contributed by atoms with van der Waals surface area (Å²) in [6.45, 7) is 2.10. The van der Waals surface area contributed by atoms with E-state index >= 15 is 0 Å². The number of halogens is 1. The van der Waals surface area contributed by atoms with Crippen LogP contribution in [0.15, 0.2) is 18.2 Å². The van der Waals surface area contributed by atoms with Crippen molar-refractivity contribution in [2.24, 2.45) is 5.92 Å². The fourth-order valence-corrected chi connectivity index (χ4v) is 2.56. The van der Waals surface area contributed by atoms with Gasteiger partial charge in [-0.05, 0) is 38.0 Å². The lowest BCUT2D eigenvalue weighted by atomic mass is 9.91. The summed E-state index contributed by atoms with van der Waals surface area (Å²) >= 11 is 0. The van der Waals surface area contributed by atoms with Gasteiger partial charge in [-0.25, -0.2) is 4.39 Å². The van der Waals surface area contributed by atoms with Crippen LogP contribution in [0.3, 0.4) is 0 Å². The van der Waals surface area contributed by atoms with E-state index < -0.39 is 23.6 Å². The molecule has 1 amide bonds. The summed E-state index contributed by atoms with van der Waals surface area (Å²) in [5.41, 5.74) is 5.69. The highest BCUT2D eigenvalue weighted by molar-refractivity contribution is 5.95. The van der Waals surface area contributed by atoms with Crippen molar-refractivity contribution < 1.29 is 19.1 Å². The van der Waals surface area contributed by atoms with Gasteiger partial charge < -0.3 is 15.7 Å². The van der Waals surface area contributed by atoms with Crippen LogP contribution in [0.4, 0.5) is 10.1 Å². The van der Waals surface area contributed by atoms with E-state index in [1.165, 1.54) is 17.0 Å². The number of rotatable bonds is 2. The zero-order valence-electron chi connectivity index (χ0n) is 11.2. The van der Waals surface area contributed by atoms with Gasteiger partial charge in [0, 0.05) is 18.3 Å². The van der Waals surface area contributed by atoms with E-state index in [0.29, 0.717) is 19.4 Å². The van der Waals surface area contributed by atoms with Gasteiger partial charge in [-0.15, -0.1) is 0 Å². The molecule has 0 aliphatic carbocycles. The first-order valence-electron chi connectivity index (χ1n) is 6.49. The Hall–Kier alpha value is -2.11. The van der Waals surface area contributed by atoms with E-state index in [0.717, 1.165) is 6.07 Å². The predicted molar refractivity (Wildman–Crippen MR) is 71.7 cm³/mol. The molecule has 108 valence electrons. The number of hydrogen-bond acceptors (Lipinski definition) is 3. The van der Waals surface area contributed by atoms with Crippen LogP contribution in [0.2, 0.25) is 0 Å². The maximum Gasteiger partial charge on any atom is 0.306 e. The van der Waals surface area contributed by atoms with Gasteiger partial charge in [0.15, 0.2) is 0 Å². The number of benzene rings is 1. The molecule has 0 saturated carbocycles. The summed E-state index contributed by atoms with van der Waals surface area (Å²) in [4.78, 5) is 24.8. The lowest BCUT2D eigenvalue weighted by Gasteiger charge is -2.36. The first-order valence-corrected chi connectivity index (χ1v) is 6.49. The van der Waals surface area contributed by atoms with Crippen molar-refractivity contribution in [2.45, 2.75) is 25.8 Å². The van der Waals surface area contributed by atoms with Crippen molar-refractivity contribution >= 4 is 17.6 Å². The lowest BCUT2D eigenvalue weighted by molar-refractivity contribution is -0.143. The molecule has 2 unspecified atom stereocenters. The Bertz CT molecular complexity index is 547. The number of carbonyl (C=O) groups is 2. The first-order chi connectivity index (χ1) is 9.40. The number of amides is 1. The van der Waals surface area contributed by atoms with Gasteiger partial charge in [0.2, 0.25) is 0 Å². The largest absolute Gasteiger partial charge is 0.481 e. The van der Waals surface area contributed by atoms with E-state index in [-0.39, 0.29) is 17.3 Å². The summed E-state index contributed by atoms with van der Waals surface area (Å²) in [5.74, 6) is -2.35. The average Bonchev–Trinajstić information content (AvgIpc) is 2.37. The number of aliphatic carboxylic acids is 1. The zero-order chi connectivity index (χ0) is 14.9. The molecule has 1 fully saturated rings. The van der Waals surface area contributed by atoms with Gasteiger partial charge in [0.05, 0.1) is 11.5 Å². The quantitative estimate of drug-likeness (QED) is 0.808. The predicted octanol–water partition coefficient (Wildman–Crippen LogP) is 1.73. The second kappa shape index (κ2) is 5.48. The Kier molecular flexibility index (Phi) is 3.92. The highest BCUT2D eigenvalue weighted by atomic mass is 19.1. The van der Waals surface area contributed by atoms with E-state index in [1.807, 2.05) is 0 Å². The molecule has 1 aromatic rings. The highest BCUT2D eigenvalue weighted by Gasteiger charge is 2.33. The van der Waals surface area contributed by atoms with Crippen molar-refractivity contribution in [1.29, 1.82) is 0 Å². The van der Waals surface area contributed by atoms with Crippen molar-refractivity contribution in [3.63, 3.8) is 0 Å². The van der Waals surface area contributed by atoms with Gasteiger partial charge in [-0.2, -0.15) is 0 Å². The van der Waals surface area contributed by atoms with Crippen LogP contribution in [0.5, 0.6) is 0 Å². The molecule has 0 bridgehead atoms. The maximum atomic E-state index is 13.8. The summed E-state index contributed by atoms with van der Waals surface area (Å²) in [5, 5.41) is 9.00. The van der Waals surface area contributed by atoms with Crippen molar-refractivity contribution in [3.05, 3.63) is 29.6 Å². The lowest BCUT2D eigenvalue weighted by Crippen LogP contribution is -2.46. The number of nitrogen functional groups attached to an aromatic ring is 1. The third-order valence-electron chi connectivity index (χ3n) is 3.71. The Morgan fingerprint density at radius 1 is 1.45 bits per heavy atom. The first kappa shape index (κ1) is 14.3. The molecule has 1 saturated heterocycles. The number of likely N-dealkylation sites (tertiary alicyclic amines) is 1. The monoisotopic (exact) mass is 280 g/mol. The molecule has 2 rings (SSSR count). The smallest absolute Gasteiger partial charge is 0.306 e. The van der Waals surface area contributed by atoms with Crippen LogP contribution in [0.1, 0.15) is 30.1 Å². The molecular weight excluding hydrogens is 263 g/mol. The van der Waals surface area contributed by atoms with Gasteiger partial charge in [-0.3, -0.25) is 9.59 Å². The van der Waals surface area contributed by atoms with E-state index in [9.17, 15) is 14.0 Å². The summed E-state index contributed by atoms with van der Waals surface area (Å²) < 4.78 is 13.8. The van der Waals surface area contributed by atoms with E-state index in [4.69, 9.17) is 10.8 Å². The van der Waals surface area contributed by atoms with Crippen molar-refractivity contribution in [2.75, 3.05) is 12.3 Å². The SMILES string of the molecule is CC1CC(C(=O)O)CCN1C(=O)c1ccc(N)cc1F. The number of anilines is 1. The van der Waals surface area contributed by atoms with Gasteiger partial charge in [0.1, 0.15) is 5.82 Å². The fraction of sp³-hybridized carbons (Fsp3) is 0.429. The minimum Gasteiger partial charge on any atom is -0.481 e. The van der Waals surface area contributed by atoms with Crippen LogP contribution in [0.25, 0.3) is 0 Å². The fourth-order valence-electron chi connectivity index (χ4n) is 2.56. The molecule has 2 atom stereocenters. The topological polar surface area (TPSA) is 83.6 Å². The molecular formula is C14H17FN2O3. The Labute approximate surface area is 116 Å². The Morgan fingerprint density at radius 3 is 2.70 bits per heavy atom. The molecule has 1 heterocycles. The number of nitrogens with zero attached hydrogens (tertiary/aromatic N) is 1. The maximum absolute atomic E-state index is 13.8. The Morgan fingerprint density at radius 2 is 2.15 bits per heavy atom. The number of piperidine rings is 1. The molecule has 0 radical (unpaired) electrons. The normalized spacial score (nSPS) is 22.6. The van der Waals surface area contributed by atoms with Crippen LogP contribution >= 0.6 is 0 Å². The number of carboxylic acids is 1. The van der Waals surface area contributed by atoms with Crippen LogP contribution < -0.4 is 5.73 Å². The van der Waals surface area contributed by atoms with Gasteiger partial charge in [-0.1, -0.05) is 0 Å². The molecule has 1 aromatic carbocycles. The number of hydrogen-bond donors (Lipinski definition) is 2. The van der Waals surface area contributed by atoms with Crippen molar-refractivity contribution in [3.8, 4) is 0 Å². The summed E-state index contributed by atoms with van der Waals surface area (Å²) in [7, 11) is 0. The molecule has 0 aromatic heterocycles. The van der Waals surface area contributed by atoms with E-state index in [2.05, 4.69) is 0 Å². The van der Waals surface area contributed by atoms with Gasteiger partial charge >= 0.3 is 5.97 Å². The molecule has 0 spiro atoms. The second-order valence-corrected chi connectivity index (χ2v) is 5.15. The molecule has 3 N–H and O–H groups in total. The minimum absolute atomic E-state index is 0.0279.